The van der Waals surface area contributed by atoms with Gasteiger partial charge in [0.2, 0.25) is 0 Å². The van der Waals surface area contributed by atoms with Crippen LogP contribution in [-0.2, 0) is 0 Å². The number of nitro benzene ring substituents is 1. The van der Waals surface area contributed by atoms with E-state index in [0.717, 1.165) is 20.2 Å². The maximum absolute atomic E-state index is 10.9. The molecule has 2 aromatic rings. The summed E-state index contributed by atoms with van der Waals surface area (Å²) in [6.45, 7) is 3.69. The van der Waals surface area contributed by atoms with E-state index in [4.69, 9.17) is 5.73 Å². The number of guanidine groups is 1. The van der Waals surface area contributed by atoms with Crippen molar-refractivity contribution in [3.8, 4) is 0 Å². The molecule has 0 amide bonds. The van der Waals surface area contributed by atoms with Crippen molar-refractivity contribution in [1.29, 1.82) is 0 Å². The monoisotopic (exact) mass is 518 g/mol. The van der Waals surface area contributed by atoms with E-state index in [-0.39, 0.29) is 11.6 Å². The van der Waals surface area contributed by atoms with E-state index < -0.39 is 4.92 Å². The maximum atomic E-state index is 10.9. The Hall–Kier alpha value is -1.45. The molecule has 0 unspecified atom stereocenters. The molecular formula is C15H13Br3N4O2. The predicted octanol–water partition coefficient (Wildman–Crippen LogP) is 5.56. The molecule has 0 bridgehead atoms. The number of nitro groups is 1. The number of hydrogen-bond donors (Lipinski definition) is 2. The summed E-state index contributed by atoms with van der Waals surface area (Å²) in [6.07, 6.45) is 0. The zero-order chi connectivity index (χ0) is 18.0. The minimum absolute atomic E-state index is 0.00864. The molecule has 2 rings (SSSR count). The molecule has 0 spiro atoms. The molecule has 0 radical (unpaired) electrons. The minimum Gasteiger partial charge on any atom is -0.369 e. The van der Waals surface area contributed by atoms with Crippen LogP contribution in [0.4, 0.5) is 17.1 Å². The maximum Gasteiger partial charge on any atom is 0.283 e. The molecule has 126 valence electrons. The quantitative estimate of drug-likeness (QED) is 0.240. The van der Waals surface area contributed by atoms with Crippen LogP contribution in [0.25, 0.3) is 0 Å². The van der Waals surface area contributed by atoms with Gasteiger partial charge in [-0.25, -0.2) is 4.99 Å². The summed E-state index contributed by atoms with van der Waals surface area (Å²) in [4.78, 5) is 14.8. The lowest BCUT2D eigenvalue weighted by Crippen LogP contribution is -2.22. The highest BCUT2D eigenvalue weighted by Crippen LogP contribution is 2.34. The second-order valence-electron chi connectivity index (χ2n) is 5.00. The lowest BCUT2D eigenvalue weighted by molar-refractivity contribution is -0.385. The largest absolute Gasteiger partial charge is 0.369 e. The molecule has 0 heterocycles. The number of halogens is 3. The number of rotatable bonds is 3. The van der Waals surface area contributed by atoms with Gasteiger partial charge in [0.25, 0.3) is 5.69 Å². The summed E-state index contributed by atoms with van der Waals surface area (Å²) < 4.78 is 2.22. The van der Waals surface area contributed by atoms with Crippen LogP contribution in [0.3, 0.4) is 0 Å². The number of aryl methyl sites for hydroxylation is 1. The second kappa shape index (κ2) is 7.62. The Labute approximate surface area is 164 Å². The first kappa shape index (κ1) is 18.9. The number of nitrogens with one attached hydrogen (secondary N) is 1. The number of aliphatic imine (C=N–C) groups is 1. The van der Waals surface area contributed by atoms with Gasteiger partial charge in [-0.3, -0.25) is 10.1 Å². The fraction of sp³-hybridized carbons (Fsp3) is 0.133. The lowest BCUT2D eigenvalue weighted by Gasteiger charge is -2.11. The Morgan fingerprint density at radius 1 is 1.21 bits per heavy atom. The molecule has 2 aromatic carbocycles. The Morgan fingerprint density at radius 3 is 2.46 bits per heavy atom. The summed E-state index contributed by atoms with van der Waals surface area (Å²) in [5.74, 6) is 0.191. The molecular weight excluding hydrogens is 508 g/mol. The van der Waals surface area contributed by atoms with Gasteiger partial charge in [-0.1, -0.05) is 0 Å². The van der Waals surface area contributed by atoms with E-state index >= 15 is 0 Å². The van der Waals surface area contributed by atoms with Gasteiger partial charge in [-0.2, -0.15) is 0 Å². The zero-order valence-corrected chi connectivity index (χ0v) is 17.5. The van der Waals surface area contributed by atoms with Gasteiger partial charge in [0.05, 0.1) is 10.6 Å². The molecule has 0 aromatic heterocycles. The molecule has 0 aliphatic heterocycles. The predicted molar refractivity (Wildman–Crippen MR) is 107 cm³/mol. The molecule has 0 saturated heterocycles. The molecule has 24 heavy (non-hydrogen) atoms. The van der Waals surface area contributed by atoms with Crippen LogP contribution in [0, 0.1) is 24.0 Å². The molecule has 6 nitrogen and oxygen atoms in total. The van der Waals surface area contributed by atoms with Gasteiger partial charge in [0.1, 0.15) is 4.47 Å². The van der Waals surface area contributed by atoms with Crippen molar-refractivity contribution in [2.45, 2.75) is 13.8 Å². The van der Waals surface area contributed by atoms with E-state index in [2.05, 4.69) is 58.1 Å². The Morgan fingerprint density at radius 2 is 1.83 bits per heavy atom. The first-order valence-electron chi connectivity index (χ1n) is 6.71. The van der Waals surface area contributed by atoms with Crippen LogP contribution in [0.5, 0.6) is 0 Å². The Bertz CT molecular complexity index is 853. The number of nitrogens with zero attached hydrogens (tertiary/aromatic N) is 2. The first-order chi connectivity index (χ1) is 11.2. The van der Waals surface area contributed by atoms with E-state index in [1.807, 2.05) is 19.1 Å². The smallest absolute Gasteiger partial charge is 0.283 e. The topological polar surface area (TPSA) is 93.5 Å². The van der Waals surface area contributed by atoms with Crippen LogP contribution in [-0.4, -0.2) is 10.9 Å². The summed E-state index contributed by atoms with van der Waals surface area (Å²) in [5, 5.41) is 14.0. The second-order valence-corrected chi connectivity index (χ2v) is 7.50. The first-order valence-corrected chi connectivity index (χ1v) is 9.09. The third kappa shape index (κ3) is 4.14. The molecule has 0 atom stereocenters. The highest BCUT2D eigenvalue weighted by molar-refractivity contribution is 9.13. The average molecular weight is 521 g/mol. The van der Waals surface area contributed by atoms with E-state index in [1.54, 1.807) is 13.0 Å². The van der Waals surface area contributed by atoms with Crippen LogP contribution in [0.1, 0.15) is 11.1 Å². The third-order valence-electron chi connectivity index (χ3n) is 3.31. The summed E-state index contributed by atoms with van der Waals surface area (Å²) >= 11 is 10.1. The van der Waals surface area contributed by atoms with Crippen molar-refractivity contribution in [2.24, 2.45) is 10.7 Å². The van der Waals surface area contributed by atoms with Crippen LogP contribution in [0.2, 0.25) is 0 Å². The molecule has 9 heteroatoms. The average Bonchev–Trinajstić information content (AvgIpc) is 2.49. The standard InChI is InChI=1S/C15H13Br3N4O2/c1-7-5-9(16)10(17)6-12(7)21-15(19)20-11-3-4-13(22(23)24)14(18)8(11)2/h3-6H,1-2H3,(H3,19,20,21). The summed E-state index contributed by atoms with van der Waals surface area (Å²) in [6, 6.07) is 6.80. The van der Waals surface area contributed by atoms with Crippen molar-refractivity contribution < 1.29 is 4.92 Å². The third-order valence-corrected chi connectivity index (χ3v) is 6.15. The summed E-state index contributed by atoms with van der Waals surface area (Å²) in [5.41, 5.74) is 8.96. The van der Waals surface area contributed by atoms with Crippen LogP contribution < -0.4 is 11.1 Å². The Balaban J connectivity index is 2.34. The van der Waals surface area contributed by atoms with Gasteiger partial charge < -0.3 is 11.1 Å². The molecule has 0 aliphatic rings. The molecule has 0 fully saturated rings. The highest BCUT2D eigenvalue weighted by Gasteiger charge is 2.16. The van der Waals surface area contributed by atoms with Gasteiger partial charge in [-0.15, -0.1) is 0 Å². The lowest BCUT2D eigenvalue weighted by atomic mass is 10.2. The van der Waals surface area contributed by atoms with E-state index in [9.17, 15) is 10.1 Å². The van der Waals surface area contributed by atoms with Crippen LogP contribution >= 0.6 is 47.8 Å². The van der Waals surface area contributed by atoms with E-state index in [1.165, 1.54) is 6.07 Å². The van der Waals surface area contributed by atoms with Crippen molar-refractivity contribution in [3.63, 3.8) is 0 Å². The Kier molecular flexibility index (Phi) is 6.00. The number of benzene rings is 2. The minimum atomic E-state index is -0.450. The van der Waals surface area contributed by atoms with Crippen molar-refractivity contribution in [3.05, 3.63) is 58.9 Å². The summed E-state index contributed by atoms with van der Waals surface area (Å²) in [7, 11) is 0. The normalized spacial score (nSPS) is 11.5. The number of hydrogen-bond acceptors (Lipinski definition) is 3. The SMILES string of the molecule is Cc1cc(Br)c(Br)cc1NC(N)=Nc1ccc([N+](=O)[O-])c(Br)c1C. The number of anilines is 1. The van der Waals surface area contributed by atoms with Gasteiger partial charge in [0, 0.05) is 20.7 Å². The number of nitrogens with two attached hydrogens (primary N) is 1. The van der Waals surface area contributed by atoms with Crippen molar-refractivity contribution in [1.82, 2.24) is 0 Å². The molecule has 0 aliphatic carbocycles. The van der Waals surface area contributed by atoms with Gasteiger partial charge in [0.15, 0.2) is 5.96 Å². The zero-order valence-electron chi connectivity index (χ0n) is 12.7. The van der Waals surface area contributed by atoms with Crippen molar-refractivity contribution >= 4 is 70.8 Å². The van der Waals surface area contributed by atoms with E-state index in [0.29, 0.717) is 15.7 Å². The van der Waals surface area contributed by atoms with Crippen LogP contribution in [0.15, 0.2) is 42.7 Å². The molecule has 3 N–H and O–H groups in total. The fourth-order valence-corrected chi connectivity index (χ4v) is 3.28. The fourth-order valence-electron chi connectivity index (χ4n) is 2.00. The van der Waals surface area contributed by atoms with Gasteiger partial charge >= 0.3 is 0 Å². The molecule has 0 saturated carbocycles. The highest BCUT2D eigenvalue weighted by atomic mass is 79.9. The van der Waals surface area contributed by atoms with Crippen molar-refractivity contribution in [2.75, 3.05) is 5.32 Å². The van der Waals surface area contributed by atoms with Gasteiger partial charge in [-0.05, 0) is 91.0 Å².